The lowest BCUT2D eigenvalue weighted by Crippen LogP contribution is -2.33. The number of benzene rings is 1. The molecule has 2 amide bonds. The van der Waals surface area contributed by atoms with Crippen molar-refractivity contribution in [2.24, 2.45) is 5.92 Å². The number of urea groups is 1. The zero-order valence-corrected chi connectivity index (χ0v) is 16.2. The maximum absolute atomic E-state index is 14.2. The molecule has 2 N–H and O–H groups in total. The van der Waals surface area contributed by atoms with Crippen LogP contribution in [-0.2, 0) is 0 Å². The minimum atomic E-state index is -0.394. The number of rotatable bonds is 5. The van der Waals surface area contributed by atoms with Crippen LogP contribution in [0.25, 0.3) is 0 Å². The first kappa shape index (κ1) is 18.7. The van der Waals surface area contributed by atoms with Gasteiger partial charge in [0.1, 0.15) is 17.5 Å². The Balaban J connectivity index is 1.40. The third kappa shape index (κ3) is 2.99. The van der Waals surface area contributed by atoms with Crippen molar-refractivity contribution in [1.29, 1.82) is 0 Å². The van der Waals surface area contributed by atoms with Gasteiger partial charge < -0.3 is 10.2 Å². The summed E-state index contributed by atoms with van der Waals surface area (Å²) in [5.41, 5.74) is 1.88. The van der Waals surface area contributed by atoms with Gasteiger partial charge in [0.2, 0.25) is 0 Å². The van der Waals surface area contributed by atoms with Crippen LogP contribution in [0.3, 0.4) is 0 Å². The van der Waals surface area contributed by atoms with Gasteiger partial charge in [0.25, 0.3) is 0 Å². The monoisotopic (exact) mass is 386 g/mol. The molecule has 7 heteroatoms. The van der Waals surface area contributed by atoms with Crippen LogP contribution in [-0.4, -0.2) is 30.1 Å². The second-order valence-corrected chi connectivity index (χ2v) is 7.45. The van der Waals surface area contributed by atoms with Gasteiger partial charge in [-0.2, -0.15) is 0 Å². The number of aromatic nitrogens is 1. The lowest BCUT2D eigenvalue weighted by Gasteiger charge is -2.20. The van der Waals surface area contributed by atoms with E-state index in [1.165, 1.54) is 12.1 Å². The van der Waals surface area contributed by atoms with E-state index in [1.54, 1.807) is 12.3 Å². The first-order valence-electron chi connectivity index (χ1n) is 9.72. The van der Waals surface area contributed by atoms with Crippen LogP contribution in [0.2, 0.25) is 0 Å². The molecule has 28 heavy (non-hydrogen) atoms. The Morgan fingerprint density at radius 2 is 1.79 bits per heavy atom. The van der Waals surface area contributed by atoms with Gasteiger partial charge in [-0.15, -0.1) is 0 Å². The molecule has 2 aliphatic carbocycles. The van der Waals surface area contributed by atoms with Gasteiger partial charge in [-0.3, -0.25) is 5.32 Å². The highest BCUT2D eigenvalue weighted by Crippen LogP contribution is 2.63. The summed E-state index contributed by atoms with van der Waals surface area (Å²) in [5.74, 6) is -0.558. The molecule has 4 atom stereocenters. The molecule has 0 aliphatic heterocycles. The molecule has 1 aromatic carbocycles. The van der Waals surface area contributed by atoms with Crippen molar-refractivity contribution in [3.63, 3.8) is 0 Å². The average Bonchev–Trinajstić information content (AvgIpc) is 3.27. The summed E-state index contributed by atoms with van der Waals surface area (Å²) in [6, 6.07) is 5.45. The van der Waals surface area contributed by atoms with Gasteiger partial charge in [-0.25, -0.2) is 18.6 Å². The number of nitrogens with one attached hydrogen (secondary N) is 2. The minimum absolute atomic E-state index is 0.0325. The Kier molecular flexibility index (Phi) is 4.69. The summed E-state index contributed by atoms with van der Waals surface area (Å²) < 4.78 is 28.3. The molecule has 1 fully saturated rings. The molecule has 0 spiro atoms. The Morgan fingerprint density at radius 3 is 2.39 bits per heavy atom. The summed E-state index contributed by atoms with van der Waals surface area (Å²) in [7, 11) is 0. The molecule has 0 bridgehead atoms. The lowest BCUT2D eigenvalue weighted by molar-refractivity contribution is 0.250. The number of halogens is 2. The van der Waals surface area contributed by atoms with E-state index in [4.69, 9.17) is 0 Å². The summed E-state index contributed by atoms with van der Waals surface area (Å²) >= 11 is 0. The molecule has 0 unspecified atom stereocenters. The van der Waals surface area contributed by atoms with Crippen molar-refractivity contribution in [3.05, 3.63) is 53.2 Å². The first-order chi connectivity index (χ1) is 13.5. The van der Waals surface area contributed by atoms with Crippen molar-refractivity contribution in [2.45, 2.75) is 38.6 Å². The predicted molar refractivity (Wildman–Crippen MR) is 105 cm³/mol. The molecular weight excluding hydrogens is 362 g/mol. The molecule has 1 saturated carbocycles. The van der Waals surface area contributed by atoms with Gasteiger partial charge in [0, 0.05) is 25.0 Å². The predicted octanol–water partition coefficient (Wildman–Crippen LogP) is 4.23. The standard InChI is InChI=1S/C21H24F2N4O/c1-4-27(5-2)12-6-9-15(24-10-12)25-21(28)26-20-17-11(3)16-13(22)7-8-14(23)18(16)19(17)20/h6-11,17,19-20H,4-5H2,1-3H3,(H2,24,25,26,28)/t11-,17+,19+,20+/m0/s1. The van der Waals surface area contributed by atoms with Crippen LogP contribution in [0.1, 0.15) is 43.7 Å². The van der Waals surface area contributed by atoms with Crippen LogP contribution < -0.4 is 15.5 Å². The molecule has 2 aliphatic rings. The summed E-state index contributed by atoms with van der Waals surface area (Å²) in [5, 5.41) is 5.61. The van der Waals surface area contributed by atoms with Crippen LogP contribution >= 0.6 is 0 Å². The lowest BCUT2D eigenvalue weighted by atomic mass is 9.95. The normalized spacial score (nSPS) is 24.3. The summed E-state index contributed by atoms with van der Waals surface area (Å²) in [4.78, 5) is 18.8. The highest BCUT2D eigenvalue weighted by molar-refractivity contribution is 5.89. The van der Waals surface area contributed by atoms with Crippen LogP contribution in [0.15, 0.2) is 30.5 Å². The van der Waals surface area contributed by atoms with Crippen LogP contribution in [0.4, 0.5) is 25.1 Å². The highest BCUT2D eigenvalue weighted by atomic mass is 19.1. The van der Waals surface area contributed by atoms with Crippen LogP contribution in [0.5, 0.6) is 0 Å². The zero-order valence-electron chi connectivity index (χ0n) is 16.2. The fourth-order valence-corrected chi connectivity index (χ4v) is 4.63. The third-order valence-electron chi connectivity index (χ3n) is 6.04. The van der Waals surface area contributed by atoms with Crippen molar-refractivity contribution < 1.29 is 13.6 Å². The van der Waals surface area contributed by atoms with Gasteiger partial charge in [0.15, 0.2) is 0 Å². The average molecular weight is 386 g/mol. The molecule has 0 saturated heterocycles. The van der Waals surface area contributed by atoms with E-state index < -0.39 is 5.82 Å². The Bertz CT molecular complexity index is 898. The zero-order chi connectivity index (χ0) is 20.0. The van der Waals surface area contributed by atoms with Crippen molar-refractivity contribution in [1.82, 2.24) is 10.3 Å². The smallest absolute Gasteiger partial charge is 0.320 e. The first-order valence-corrected chi connectivity index (χ1v) is 9.72. The molecule has 4 rings (SSSR count). The van der Waals surface area contributed by atoms with Crippen LogP contribution in [0, 0.1) is 17.6 Å². The molecule has 148 valence electrons. The molecule has 5 nitrogen and oxygen atoms in total. The maximum atomic E-state index is 14.2. The topological polar surface area (TPSA) is 57.3 Å². The minimum Gasteiger partial charge on any atom is -0.371 e. The summed E-state index contributed by atoms with van der Waals surface area (Å²) in [6.45, 7) is 7.80. The van der Waals surface area contributed by atoms with E-state index in [0.717, 1.165) is 18.8 Å². The van der Waals surface area contributed by atoms with E-state index in [1.807, 2.05) is 13.0 Å². The third-order valence-corrected chi connectivity index (χ3v) is 6.04. The number of fused-ring (bicyclic) bond motifs is 3. The number of pyridine rings is 1. The second kappa shape index (κ2) is 7.04. The molecule has 2 aromatic rings. The van der Waals surface area contributed by atoms with E-state index in [0.29, 0.717) is 16.9 Å². The van der Waals surface area contributed by atoms with Crippen molar-refractivity contribution >= 4 is 17.5 Å². The Hall–Kier alpha value is -2.70. The second-order valence-electron chi connectivity index (χ2n) is 7.45. The highest BCUT2D eigenvalue weighted by Gasteiger charge is 2.62. The molecular formula is C21H24F2N4O. The molecule has 1 heterocycles. The summed E-state index contributed by atoms with van der Waals surface area (Å²) in [6.07, 6.45) is 1.73. The maximum Gasteiger partial charge on any atom is 0.320 e. The van der Waals surface area contributed by atoms with Gasteiger partial charge in [-0.1, -0.05) is 6.92 Å². The van der Waals surface area contributed by atoms with E-state index in [2.05, 4.69) is 34.4 Å². The van der Waals surface area contributed by atoms with Crippen molar-refractivity contribution in [2.75, 3.05) is 23.3 Å². The SMILES string of the molecule is CCN(CC)c1ccc(NC(=O)N[C@H]2[C@H]3c4c(F)ccc(F)c4[C@H](C)[C@@H]23)nc1. The quantitative estimate of drug-likeness (QED) is 0.809. The number of hydrogen-bond acceptors (Lipinski definition) is 3. The van der Waals surface area contributed by atoms with E-state index in [9.17, 15) is 13.6 Å². The number of anilines is 2. The van der Waals surface area contributed by atoms with E-state index in [-0.39, 0.29) is 35.6 Å². The number of nitrogens with zero attached hydrogens (tertiary/aromatic N) is 2. The number of carbonyl (C=O) groups is 1. The van der Waals surface area contributed by atoms with Gasteiger partial charge >= 0.3 is 6.03 Å². The molecule has 0 radical (unpaired) electrons. The number of carbonyl (C=O) groups excluding carboxylic acids is 1. The largest absolute Gasteiger partial charge is 0.371 e. The van der Waals surface area contributed by atoms with E-state index >= 15 is 0 Å². The molecule has 1 aromatic heterocycles. The fraction of sp³-hybridized carbons (Fsp3) is 0.429. The number of amides is 2. The number of hydrogen-bond donors (Lipinski definition) is 2. The van der Waals surface area contributed by atoms with Crippen molar-refractivity contribution in [3.8, 4) is 0 Å². The Labute approximate surface area is 163 Å². The van der Waals surface area contributed by atoms with Gasteiger partial charge in [-0.05, 0) is 61.1 Å². The Morgan fingerprint density at radius 1 is 1.11 bits per heavy atom. The van der Waals surface area contributed by atoms with Gasteiger partial charge in [0.05, 0.1) is 11.9 Å². The fourth-order valence-electron chi connectivity index (χ4n) is 4.63.